The number of nitrogens with zero attached hydrogens (tertiary/aromatic N) is 4. The predicted octanol–water partition coefficient (Wildman–Crippen LogP) is 2.96. The molecule has 3 rings (SSSR count). The molecule has 0 unspecified atom stereocenters. The molecule has 1 saturated carbocycles. The van der Waals surface area contributed by atoms with Crippen LogP contribution in [0.2, 0.25) is 0 Å². The SMILES string of the molecule is CO/N=C/c1ccc(Nc2nn([C@H]3CCCC[C@@H]3C#N)cc2C(N)=O)cc1. The van der Waals surface area contributed by atoms with Crippen LogP contribution in [0.15, 0.2) is 35.6 Å². The van der Waals surface area contributed by atoms with E-state index in [0.717, 1.165) is 36.9 Å². The molecule has 27 heavy (non-hydrogen) atoms. The van der Waals surface area contributed by atoms with Crippen LogP contribution in [0.5, 0.6) is 0 Å². The van der Waals surface area contributed by atoms with Crippen LogP contribution < -0.4 is 11.1 Å². The molecule has 0 radical (unpaired) electrons. The van der Waals surface area contributed by atoms with Gasteiger partial charge >= 0.3 is 0 Å². The Kier molecular flexibility index (Phi) is 5.71. The molecule has 1 fully saturated rings. The highest BCUT2D eigenvalue weighted by molar-refractivity contribution is 5.98. The van der Waals surface area contributed by atoms with Crippen LogP contribution in [0.3, 0.4) is 0 Å². The lowest BCUT2D eigenvalue weighted by Crippen LogP contribution is -2.22. The fourth-order valence-electron chi connectivity index (χ4n) is 3.32. The summed E-state index contributed by atoms with van der Waals surface area (Å²) in [4.78, 5) is 16.5. The third kappa shape index (κ3) is 4.26. The quantitative estimate of drug-likeness (QED) is 0.602. The van der Waals surface area contributed by atoms with Gasteiger partial charge in [0.15, 0.2) is 5.82 Å². The van der Waals surface area contributed by atoms with Gasteiger partial charge < -0.3 is 15.9 Å². The van der Waals surface area contributed by atoms with Crippen LogP contribution in [-0.4, -0.2) is 29.0 Å². The van der Waals surface area contributed by atoms with Gasteiger partial charge in [-0.25, -0.2) is 0 Å². The number of rotatable bonds is 6. The van der Waals surface area contributed by atoms with Crippen LogP contribution in [0.25, 0.3) is 0 Å². The topological polar surface area (TPSA) is 118 Å². The Labute approximate surface area is 157 Å². The van der Waals surface area contributed by atoms with Gasteiger partial charge in [-0.2, -0.15) is 10.4 Å². The van der Waals surface area contributed by atoms with E-state index in [-0.39, 0.29) is 12.0 Å². The monoisotopic (exact) mass is 366 g/mol. The first-order chi connectivity index (χ1) is 13.1. The molecule has 8 nitrogen and oxygen atoms in total. The van der Waals surface area contributed by atoms with Crippen molar-refractivity contribution in [2.24, 2.45) is 16.8 Å². The van der Waals surface area contributed by atoms with Crippen molar-refractivity contribution in [3.05, 3.63) is 41.6 Å². The number of nitrogens with one attached hydrogen (secondary N) is 1. The Hall–Kier alpha value is -3.34. The molecular formula is C19H22N6O2. The van der Waals surface area contributed by atoms with E-state index in [1.54, 1.807) is 17.1 Å². The first-order valence-corrected chi connectivity index (χ1v) is 8.84. The molecule has 1 aromatic heterocycles. The summed E-state index contributed by atoms with van der Waals surface area (Å²) in [5.41, 5.74) is 7.48. The standard InChI is InChI=1S/C19H22N6O2/c1-27-22-11-13-6-8-15(9-7-13)23-19-16(18(21)26)12-25(24-19)17-5-3-2-4-14(17)10-20/h6-9,11-12,14,17H,2-5H2,1H3,(H2,21,26)(H,23,24)/b22-11+/t14-,17+/m1/s1. The molecule has 0 bridgehead atoms. The van der Waals surface area contributed by atoms with Gasteiger partial charge in [-0.05, 0) is 30.5 Å². The Morgan fingerprint density at radius 2 is 2.15 bits per heavy atom. The minimum Gasteiger partial charge on any atom is -0.399 e. The van der Waals surface area contributed by atoms with E-state index in [1.165, 1.54) is 7.11 Å². The van der Waals surface area contributed by atoms with E-state index in [1.807, 2.05) is 24.3 Å². The van der Waals surface area contributed by atoms with Crippen LogP contribution in [0.1, 0.15) is 47.6 Å². The highest BCUT2D eigenvalue weighted by Gasteiger charge is 2.28. The molecule has 0 saturated heterocycles. The smallest absolute Gasteiger partial charge is 0.254 e. The van der Waals surface area contributed by atoms with Crippen molar-refractivity contribution < 1.29 is 9.63 Å². The zero-order chi connectivity index (χ0) is 19.2. The molecule has 1 heterocycles. The normalized spacial score (nSPS) is 19.6. The summed E-state index contributed by atoms with van der Waals surface area (Å²) in [6.07, 6.45) is 7.04. The van der Waals surface area contributed by atoms with Gasteiger partial charge in [-0.1, -0.05) is 30.1 Å². The maximum Gasteiger partial charge on any atom is 0.254 e. The second-order valence-electron chi connectivity index (χ2n) is 6.49. The third-order valence-electron chi connectivity index (χ3n) is 4.71. The molecule has 1 aromatic carbocycles. The summed E-state index contributed by atoms with van der Waals surface area (Å²) in [6, 6.07) is 9.74. The van der Waals surface area contributed by atoms with E-state index in [9.17, 15) is 10.1 Å². The number of oxime groups is 1. The van der Waals surface area contributed by atoms with E-state index in [2.05, 4.69) is 26.5 Å². The Morgan fingerprint density at radius 3 is 2.81 bits per heavy atom. The van der Waals surface area contributed by atoms with E-state index < -0.39 is 5.91 Å². The van der Waals surface area contributed by atoms with Gasteiger partial charge in [0.25, 0.3) is 5.91 Å². The number of anilines is 2. The lowest BCUT2D eigenvalue weighted by atomic mass is 9.85. The molecule has 0 aliphatic heterocycles. The fraction of sp³-hybridized carbons (Fsp3) is 0.368. The van der Waals surface area contributed by atoms with E-state index in [4.69, 9.17) is 5.73 Å². The zero-order valence-corrected chi connectivity index (χ0v) is 15.1. The molecule has 1 aliphatic rings. The number of aromatic nitrogens is 2. The van der Waals surface area contributed by atoms with Gasteiger partial charge in [0, 0.05) is 11.9 Å². The summed E-state index contributed by atoms with van der Waals surface area (Å²) in [6.45, 7) is 0. The molecule has 8 heteroatoms. The second-order valence-corrected chi connectivity index (χ2v) is 6.49. The number of hydrogen-bond donors (Lipinski definition) is 2. The summed E-state index contributed by atoms with van der Waals surface area (Å²) in [5.74, 6) is -0.272. The maximum atomic E-state index is 11.9. The van der Waals surface area contributed by atoms with Gasteiger partial charge in [0.2, 0.25) is 0 Å². The third-order valence-corrected chi connectivity index (χ3v) is 4.71. The van der Waals surface area contributed by atoms with Crippen LogP contribution in [0, 0.1) is 17.2 Å². The number of carbonyl (C=O) groups is 1. The lowest BCUT2D eigenvalue weighted by Gasteiger charge is -2.26. The zero-order valence-electron chi connectivity index (χ0n) is 15.1. The van der Waals surface area contributed by atoms with E-state index >= 15 is 0 Å². The molecule has 2 aromatic rings. The van der Waals surface area contributed by atoms with Gasteiger partial charge in [-0.3, -0.25) is 9.48 Å². The Morgan fingerprint density at radius 1 is 1.41 bits per heavy atom. The molecule has 1 amide bonds. The molecule has 3 N–H and O–H groups in total. The summed E-state index contributed by atoms with van der Waals surface area (Å²) >= 11 is 0. The molecule has 2 atom stereocenters. The van der Waals surface area contributed by atoms with Gasteiger partial charge in [-0.15, -0.1) is 0 Å². The Balaban J connectivity index is 1.84. The Bertz CT molecular complexity index is 865. The average molecular weight is 366 g/mol. The number of nitrogens with two attached hydrogens (primary N) is 1. The number of amides is 1. The number of nitriles is 1. The van der Waals surface area contributed by atoms with Crippen LogP contribution in [0.4, 0.5) is 11.5 Å². The van der Waals surface area contributed by atoms with Crippen molar-refractivity contribution in [3.63, 3.8) is 0 Å². The van der Waals surface area contributed by atoms with Crippen LogP contribution >= 0.6 is 0 Å². The molecule has 140 valence electrons. The minimum absolute atomic E-state index is 0.0370. The molecule has 1 aliphatic carbocycles. The predicted molar refractivity (Wildman–Crippen MR) is 102 cm³/mol. The first kappa shape index (κ1) is 18.5. The van der Waals surface area contributed by atoms with Gasteiger partial charge in [0.05, 0.1) is 24.2 Å². The number of primary amides is 1. The average Bonchev–Trinajstić information content (AvgIpc) is 3.11. The summed E-state index contributed by atoms with van der Waals surface area (Å²) < 4.78 is 1.72. The van der Waals surface area contributed by atoms with Gasteiger partial charge in [0.1, 0.15) is 12.7 Å². The van der Waals surface area contributed by atoms with Crippen molar-refractivity contribution >= 4 is 23.6 Å². The summed E-state index contributed by atoms with van der Waals surface area (Å²) in [7, 11) is 1.48. The number of carbonyl (C=O) groups excluding carboxylic acids is 1. The van der Waals surface area contributed by atoms with Crippen molar-refractivity contribution in [2.45, 2.75) is 31.7 Å². The number of benzene rings is 1. The van der Waals surface area contributed by atoms with Crippen molar-refractivity contribution in [1.29, 1.82) is 5.26 Å². The number of hydrogen-bond acceptors (Lipinski definition) is 6. The largest absolute Gasteiger partial charge is 0.399 e. The molecule has 0 spiro atoms. The first-order valence-electron chi connectivity index (χ1n) is 8.84. The van der Waals surface area contributed by atoms with E-state index in [0.29, 0.717) is 11.4 Å². The highest BCUT2D eigenvalue weighted by atomic mass is 16.6. The van der Waals surface area contributed by atoms with Crippen LogP contribution in [-0.2, 0) is 4.84 Å². The second kappa shape index (κ2) is 8.36. The molecular weight excluding hydrogens is 344 g/mol. The minimum atomic E-state index is -0.558. The lowest BCUT2D eigenvalue weighted by molar-refractivity contribution is 0.100. The maximum absolute atomic E-state index is 11.9. The van der Waals surface area contributed by atoms with Crippen molar-refractivity contribution in [2.75, 3.05) is 12.4 Å². The van der Waals surface area contributed by atoms with Crippen molar-refractivity contribution in [3.8, 4) is 6.07 Å². The fourth-order valence-corrected chi connectivity index (χ4v) is 3.32. The summed E-state index contributed by atoms with van der Waals surface area (Å²) in [5, 5.41) is 20.8. The van der Waals surface area contributed by atoms with Crippen molar-refractivity contribution in [1.82, 2.24) is 9.78 Å². The highest BCUT2D eigenvalue weighted by Crippen LogP contribution is 2.34.